The van der Waals surface area contributed by atoms with Crippen LogP contribution in [0.2, 0.25) is 0 Å². The number of rotatable bonds is 5. The summed E-state index contributed by atoms with van der Waals surface area (Å²) in [6.45, 7) is 6.13. The predicted octanol–water partition coefficient (Wildman–Crippen LogP) is 7.27. The summed E-state index contributed by atoms with van der Waals surface area (Å²) in [4.78, 5) is 14.3. The molecule has 30 heavy (non-hydrogen) atoms. The van der Waals surface area contributed by atoms with Gasteiger partial charge in [0.25, 0.3) is 0 Å². The number of hydrogen-bond acceptors (Lipinski definition) is 3. The van der Waals surface area contributed by atoms with Crippen molar-refractivity contribution in [2.75, 3.05) is 0 Å². The van der Waals surface area contributed by atoms with Crippen LogP contribution in [0.25, 0.3) is 39.1 Å². The molecule has 0 aliphatic heterocycles. The molecule has 0 atom stereocenters. The second kappa shape index (κ2) is 8.97. The summed E-state index contributed by atoms with van der Waals surface area (Å²) in [5, 5.41) is 2.20. The van der Waals surface area contributed by atoms with Gasteiger partial charge in [0.1, 0.15) is 0 Å². The molecular weight excluding hydrogens is 434 g/mol. The molecule has 4 rings (SSSR count). The van der Waals surface area contributed by atoms with Crippen molar-refractivity contribution in [1.29, 1.82) is 0 Å². The minimum absolute atomic E-state index is 0.562. The minimum atomic E-state index is 0.562. The van der Waals surface area contributed by atoms with Crippen molar-refractivity contribution < 1.29 is 0 Å². The van der Waals surface area contributed by atoms with Crippen LogP contribution in [0.1, 0.15) is 12.7 Å². The third-order valence-electron chi connectivity index (χ3n) is 4.67. The molecular formula is C26H20BrN3. The molecule has 146 valence electrons. The molecule has 0 aliphatic rings. The summed E-state index contributed by atoms with van der Waals surface area (Å²) < 4.78 is 1.04. The second-order valence-corrected chi connectivity index (χ2v) is 7.58. The Morgan fingerprint density at radius 3 is 2.27 bits per heavy atom. The van der Waals surface area contributed by atoms with Crippen molar-refractivity contribution in [3.8, 4) is 22.8 Å². The molecule has 0 radical (unpaired) electrons. The largest absolute Gasteiger partial charge is 0.208 e. The number of halogens is 1. The summed E-state index contributed by atoms with van der Waals surface area (Å²) in [6, 6.07) is 22.2. The van der Waals surface area contributed by atoms with Crippen LogP contribution in [0.3, 0.4) is 0 Å². The summed E-state index contributed by atoms with van der Waals surface area (Å²) in [6.07, 6.45) is 7.76. The van der Waals surface area contributed by atoms with Gasteiger partial charge in [-0.3, -0.25) is 0 Å². The topological polar surface area (TPSA) is 38.7 Å². The molecule has 0 aliphatic carbocycles. The Labute approximate surface area is 184 Å². The van der Waals surface area contributed by atoms with E-state index in [1.807, 2.05) is 85.8 Å². The van der Waals surface area contributed by atoms with Crippen molar-refractivity contribution >= 4 is 32.3 Å². The Morgan fingerprint density at radius 2 is 1.50 bits per heavy atom. The van der Waals surface area contributed by atoms with E-state index in [-0.39, 0.29) is 0 Å². The Hall–Kier alpha value is -3.37. The van der Waals surface area contributed by atoms with Gasteiger partial charge >= 0.3 is 0 Å². The highest BCUT2D eigenvalue weighted by Crippen LogP contribution is 2.32. The lowest BCUT2D eigenvalue weighted by atomic mass is 10.0. The zero-order valence-corrected chi connectivity index (χ0v) is 18.2. The maximum atomic E-state index is 4.82. The van der Waals surface area contributed by atoms with E-state index in [2.05, 4.69) is 34.6 Å². The van der Waals surface area contributed by atoms with Crippen molar-refractivity contribution in [1.82, 2.24) is 15.0 Å². The van der Waals surface area contributed by atoms with E-state index < -0.39 is 0 Å². The average molecular weight is 454 g/mol. The first-order chi connectivity index (χ1) is 14.7. The Morgan fingerprint density at radius 1 is 0.800 bits per heavy atom. The van der Waals surface area contributed by atoms with Gasteiger partial charge in [0.2, 0.25) is 0 Å². The van der Waals surface area contributed by atoms with Crippen LogP contribution in [-0.4, -0.2) is 15.0 Å². The van der Waals surface area contributed by atoms with E-state index in [9.17, 15) is 0 Å². The van der Waals surface area contributed by atoms with E-state index in [4.69, 9.17) is 15.0 Å². The highest BCUT2D eigenvalue weighted by atomic mass is 79.9. The fourth-order valence-corrected chi connectivity index (χ4v) is 3.65. The van der Waals surface area contributed by atoms with Crippen molar-refractivity contribution in [2.24, 2.45) is 0 Å². The zero-order chi connectivity index (χ0) is 20.9. The van der Waals surface area contributed by atoms with Crippen LogP contribution in [0.5, 0.6) is 0 Å². The minimum Gasteiger partial charge on any atom is -0.208 e. The van der Waals surface area contributed by atoms with E-state index in [1.165, 1.54) is 0 Å². The predicted molar refractivity (Wildman–Crippen MR) is 129 cm³/mol. The van der Waals surface area contributed by atoms with Gasteiger partial charge in [0, 0.05) is 21.2 Å². The Balaban J connectivity index is 1.93. The molecule has 4 heteroatoms. The monoisotopic (exact) mass is 453 g/mol. The normalized spacial score (nSPS) is 11.5. The van der Waals surface area contributed by atoms with Gasteiger partial charge in [0.15, 0.2) is 17.5 Å². The van der Waals surface area contributed by atoms with Crippen molar-refractivity contribution in [3.05, 3.63) is 108 Å². The van der Waals surface area contributed by atoms with Gasteiger partial charge < -0.3 is 0 Å². The maximum Gasteiger partial charge on any atom is 0.164 e. The lowest BCUT2D eigenvalue weighted by Gasteiger charge is -2.11. The number of benzene rings is 3. The van der Waals surface area contributed by atoms with Gasteiger partial charge in [-0.1, -0.05) is 101 Å². The molecule has 0 fully saturated rings. The molecule has 3 nitrogen and oxygen atoms in total. The molecule has 0 bridgehead atoms. The van der Waals surface area contributed by atoms with Gasteiger partial charge in [-0.15, -0.1) is 0 Å². The summed E-state index contributed by atoms with van der Waals surface area (Å²) >= 11 is 3.64. The van der Waals surface area contributed by atoms with E-state index in [0.29, 0.717) is 17.5 Å². The van der Waals surface area contributed by atoms with Crippen LogP contribution in [0.15, 0.2) is 102 Å². The zero-order valence-electron chi connectivity index (χ0n) is 16.6. The van der Waals surface area contributed by atoms with Gasteiger partial charge in [-0.25, -0.2) is 15.0 Å². The first-order valence-corrected chi connectivity index (χ1v) is 10.4. The van der Waals surface area contributed by atoms with Crippen molar-refractivity contribution in [2.45, 2.75) is 6.92 Å². The third kappa shape index (κ3) is 4.14. The van der Waals surface area contributed by atoms with E-state index in [1.54, 1.807) is 0 Å². The first kappa shape index (κ1) is 19.9. The molecule has 0 N–H and O–H groups in total. The van der Waals surface area contributed by atoms with Crippen LogP contribution in [-0.2, 0) is 0 Å². The quantitative estimate of drug-likeness (QED) is 0.298. The number of hydrogen-bond donors (Lipinski definition) is 0. The lowest BCUT2D eigenvalue weighted by Crippen LogP contribution is -2.02. The smallest absolute Gasteiger partial charge is 0.164 e. The SMILES string of the molecule is C=C(/C=C\C=C/C)c1nc(-c2ccccc2)nc(-c2ccc(Br)c3ccccc23)n1. The Kier molecular flexibility index (Phi) is 5.96. The second-order valence-electron chi connectivity index (χ2n) is 6.72. The van der Waals surface area contributed by atoms with Gasteiger partial charge in [-0.2, -0.15) is 0 Å². The van der Waals surface area contributed by atoms with Gasteiger partial charge in [0.05, 0.1) is 0 Å². The molecule has 1 aromatic heterocycles. The molecule has 0 saturated carbocycles. The highest BCUT2D eigenvalue weighted by Gasteiger charge is 2.14. The Bertz CT molecular complexity index is 1270. The van der Waals surface area contributed by atoms with Crippen LogP contribution in [0.4, 0.5) is 0 Å². The summed E-state index contributed by atoms with van der Waals surface area (Å²) in [5.41, 5.74) is 2.63. The summed E-state index contributed by atoms with van der Waals surface area (Å²) in [7, 11) is 0. The number of fused-ring (bicyclic) bond motifs is 1. The molecule has 0 amide bonds. The lowest BCUT2D eigenvalue weighted by molar-refractivity contribution is 1.04. The van der Waals surface area contributed by atoms with E-state index >= 15 is 0 Å². The molecule has 3 aromatic carbocycles. The summed E-state index contributed by atoms with van der Waals surface area (Å²) in [5.74, 6) is 1.82. The molecule has 0 spiro atoms. The molecule has 4 aromatic rings. The number of nitrogens with zero attached hydrogens (tertiary/aromatic N) is 3. The van der Waals surface area contributed by atoms with E-state index in [0.717, 1.165) is 31.9 Å². The average Bonchev–Trinajstić information content (AvgIpc) is 2.80. The van der Waals surface area contributed by atoms with Crippen LogP contribution in [0, 0.1) is 0 Å². The number of allylic oxidation sites excluding steroid dienone is 5. The fraction of sp³-hybridized carbons (Fsp3) is 0.0385. The highest BCUT2D eigenvalue weighted by molar-refractivity contribution is 9.10. The van der Waals surface area contributed by atoms with Gasteiger partial charge in [-0.05, 0) is 29.8 Å². The standard InChI is InChI=1S/C26H20BrN3/c1-3-4-6-11-18(2)24-28-25(19-12-7-5-8-13-19)30-26(29-24)22-16-17-23(27)21-15-10-9-14-20(21)22/h3-17H,2H2,1H3/b4-3-,11-6-. The van der Waals surface area contributed by atoms with Crippen molar-refractivity contribution in [3.63, 3.8) is 0 Å². The maximum absolute atomic E-state index is 4.82. The van der Waals surface area contributed by atoms with Crippen LogP contribution < -0.4 is 0 Å². The molecule has 0 saturated heterocycles. The number of aromatic nitrogens is 3. The van der Waals surface area contributed by atoms with Crippen LogP contribution >= 0.6 is 15.9 Å². The molecule has 1 heterocycles. The first-order valence-electron chi connectivity index (χ1n) is 9.65. The third-order valence-corrected chi connectivity index (χ3v) is 5.36. The fourth-order valence-electron chi connectivity index (χ4n) is 3.17. The molecule has 0 unspecified atom stereocenters.